The summed E-state index contributed by atoms with van der Waals surface area (Å²) < 4.78 is 1.65. The predicted octanol–water partition coefficient (Wildman–Crippen LogP) is 4.83. The molecule has 2 aromatic carbocycles. The van der Waals surface area contributed by atoms with Gasteiger partial charge in [-0.15, -0.1) is 0 Å². The smallest absolute Gasteiger partial charge is 0.256 e. The average Bonchev–Trinajstić information content (AvgIpc) is 2.43. The molecule has 0 aliphatic rings. The third-order valence-corrected chi connectivity index (χ3v) is 4.21. The van der Waals surface area contributed by atoms with Crippen LogP contribution in [-0.4, -0.2) is 5.91 Å². The molecular formula is C14H7BrClIN2O. The Balaban J connectivity index is 2.33. The maximum absolute atomic E-state index is 12.3. The van der Waals surface area contributed by atoms with Crippen molar-refractivity contribution in [3.05, 3.63) is 60.6 Å². The SMILES string of the molecule is N#Cc1ccc(Cl)c(NC(=O)c2cc(I)ccc2Br)c1. The van der Waals surface area contributed by atoms with Gasteiger partial charge in [-0.1, -0.05) is 11.6 Å². The number of carbonyl (C=O) groups excluding carboxylic acids is 1. The molecule has 0 fully saturated rings. The number of anilines is 1. The number of nitrogens with zero attached hydrogens (tertiary/aromatic N) is 1. The lowest BCUT2D eigenvalue weighted by Gasteiger charge is -2.09. The van der Waals surface area contributed by atoms with Crippen LogP contribution in [0, 0.1) is 14.9 Å². The highest BCUT2D eigenvalue weighted by Crippen LogP contribution is 2.25. The highest BCUT2D eigenvalue weighted by Gasteiger charge is 2.12. The van der Waals surface area contributed by atoms with Crippen LogP contribution in [0.1, 0.15) is 15.9 Å². The van der Waals surface area contributed by atoms with Gasteiger partial charge in [-0.2, -0.15) is 5.26 Å². The van der Waals surface area contributed by atoms with Gasteiger partial charge < -0.3 is 5.32 Å². The second-order valence-corrected chi connectivity index (χ2v) is 6.39. The first-order valence-electron chi connectivity index (χ1n) is 5.47. The molecule has 0 aliphatic carbocycles. The van der Waals surface area contributed by atoms with E-state index in [0.29, 0.717) is 26.3 Å². The van der Waals surface area contributed by atoms with Crippen LogP contribution in [0.25, 0.3) is 0 Å². The van der Waals surface area contributed by atoms with Crippen molar-refractivity contribution in [3.8, 4) is 6.07 Å². The fraction of sp³-hybridized carbons (Fsp3) is 0. The van der Waals surface area contributed by atoms with E-state index >= 15 is 0 Å². The van der Waals surface area contributed by atoms with Gasteiger partial charge in [0.25, 0.3) is 5.91 Å². The van der Waals surface area contributed by atoms with Crippen LogP contribution in [0.4, 0.5) is 5.69 Å². The van der Waals surface area contributed by atoms with Gasteiger partial charge in [-0.25, -0.2) is 0 Å². The second-order valence-electron chi connectivity index (χ2n) is 3.88. The van der Waals surface area contributed by atoms with Crippen molar-refractivity contribution in [2.24, 2.45) is 0 Å². The van der Waals surface area contributed by atoms with Crippen LogP contribution in [-0.2, 0) is 0 Å². The summed E-state index contributed by atoms with van der Waals surface area (Å²) in [6.07, 6.45) is 0. The zero-order valence-electron chi connectivity index (χ0n) is 9.95. The van der Waals surface area contributed by atoms with Crippen molar-refractivity contribution in [2.45, 2.75) is 0 Å². The summed E-state index contributed by atoms with van der Waals surface area (Å²) >= 11 is 11.5. The molecule has 100 valence electrons. The van der Waals surface area contributed by atoms with Crippen molar-refractivity contribution in [1.29, 1.82) is 5.26 Å². The van der Waals surface area contributed by atoms with Gasteiger partial charge in [-0.3, -0.25) is 4.79 Å². The maximum atomic E-state index is 12.3. The number of amides is 1. The minimum atomic E-state index is -0.285. The fourth-order valence-electron chi connectivity index (χ4n) is 1.55. The molecule has 3 nitrogen and oxygen atoms in total. The standard InChI is InChI=1S/C14H7BrClIN2O/c15-11-3-2-9(17)6-10(11)14(20)19-13-5-8(7-18)1-4-12(13)16/h1-6H,(H,19,20). The van der Waals surface area contributed by atoms with E-state index in [0.717, 1.165) is 3.57 Å². The van der Waals surface area contributed by atoms with Crippen molar-refractivity contribution in [3.63, 3.8) is 0 Å². The van der Waals surface area contributed by atoms with E-state index in [9.17, 15) is 4.79 Å². The van der Waals surface area contributed by atoms with Crippen LogP contribution in [0.5, 0.6) is 0 Å². The van der Waals surface area contributed by atoms with Crippen LogP contribution < -0.4 is 5.32 Å². The van der Waals surface area contributed by atoms with E-state index in [-0.39, 0.29) is 5.91 Å². The summed E-state index contributed by atoms with van der Waals surface area (Å²) in [7, 11) is 0. The lowest BCUT2D eigenvalue weighted by molar-refractivity contribution is 0.102. The molecule has 0 radical (unpaired) electrons. The zero-order chi connectivity index (χ0) is 14.7. The molecule has 0 bridgehead atoms. The molecule has 0 atom stereocenters. The first-order valence-corrected chi connectivity index (χ1v) is 7.72. The van der Waals surface area contributed by atoms with Gasteiger partial charge in [0.1, 0.15) is 0 Å². The number of hydrogen-bond donors (Lipinski definition) is 1. The minimum absolute atomic E-state index is 0.285. The van der Waals surface area contributed by atoms with Crippen molar-refractivity contribution in [1.82, 2.24) is 0 Å². The molecule has 2 aromatic rings. The second kappa shape index (κ2) is 6.57. The fourth-order valence-corrected chi connectivity index (χ4v) is 2.63. The van der Waals surface area contributed by atoms with Crippen molar-refractivity contribution < 1.29 is 4.79 Å². The molecule has 0 saturated heterocycles. The van der Waals surface area contributed by atoms with E-state index < -0.39 is 0 Å². The van der Waals surface area contributed by atoms with E-state index in [4.69, 9.17) is 16.9 Å². The summed E-state index contributed by atoms with van der Waals surface area (Å²) in [5.41, 5.74) is 1.36. The number of benzene rings is 2. The predicted molar refractivity (Wildman–Crippen MR) is 91.0 cm³/mol. The third kappa shape index (κ3) is 3.51. The Morgan fingerprint density at radius 1 is 1.30 bits per heavy atom. The topological polar surface area (TPSA) is 52.9 Å². The maximum Gasteiger partial charge on any atom is 0.256 e. The lowest BCUT2D eigenvalue weighted by Crippen LogP contribution is -2.13. The molecule has 6 heteroatoms. The number of hydrogen-bond acceptors (Lipinski definition) is 2. The van der Waals surface area contributed by atoms with Gasteiger partial charge in [0.2, 0.25) is 0 Å². The lowest BCUT2D eigenvalue weighted by atomic mass is 10.2. The number of carbonyl (C=O) groups is 1. The molecule has 0 aliphatic heterocycles. The van der Waals surface area contributed by atoms with E-state index in [2.05, 4.69) is 43.8 Å². The summed E-state index contributed by atoms with van der Waals surface area (Å²) in [5.74, 6) is -0.285. The van der Waals surface area contributed by atoms with Crippen LogP contribution in [0.15, 0.2) is 40.9 Å². The van der Waals surface area contributed by atoms with Gasteiger partial charge >= 0.3 is 0 Å². The Morgan fingerprint density at radius 3 is 2.75 bits per heavy atom. The van der Waals surface area contributed by atoms with E-state index in [1.54, 1.807) is 24.3 Å². The molecule has 1 N–H and O–H groups in total. The highest BCUT2D eigenvalue weighted by molar-refractivity contribution is 14.1. The molecule has 0 heterocycles. The molecule has 2 rings (SSSR count). The summed E-state index contributed by atoms with van der Waals surface area (Å²) in [5, 5.41) is 12.0. The summed E-state index contributed by atoms with van der Waals surface area (Å²) in [6, 6.07) is 12.2. The third-order valence-electron chi connectivity index (χ3n) is 2.52. The zero-order valence-corrected chi connectivity index (χ0v) is 14.5. The molecule has 0 spiro atoms. The highest BCUT2D eigenvalue weighted by atomic mass is 127. The number of halogens is 3. The average molecular weight is 461 g/mol. The molecule has 0 saturated carbocycles. The quantitative estimate of drug-likeness (QED) is 0.652. The number of nitrogens with one attached hydrogen (secondary N) is 1. The minimum Gasteiger partial charge on any atom is -0.321 e. The van der Waals surface area contributed by atoms with E-state index in [1.165, 1.54) is 0 Å². The monoisotopic (exact) mass is 460 g/mol. The largest absolute Gasteiger partial charge is 0.321 e. The van der Waals surface area contributed by atoms with Crippen LogP contribution >= 0.6 is 50.1 Å². The first-order chi connectivity index (χ1) is 9.51. The van der Waals surface area contributed by atoms with Crippen molar-refractivity contribution in [2.75, 3.05) is 5.32 Å². The Hall–Kier alpha value is -1.10. The van der Waals surface area contributed by atoms with E-state index in [1.807, 2.05) is 18.2 Å². The summed E-state index contributed by atoms with van der Waals surface area (Å²) in [4.78, 5) is 12.3. The van der Waals surface area contributed by atoms with Gasteiger partial charge in [0.15, 0.2) is 0 Å². The Labute approximate surface area is 143 Å². The number of rotatable bonds is 2. The van der Waals surface area contributed by atoms with Crippen molar-refractivity contribution >= 4 is 61.7 Å². The molecule has 0 aromatic heterocycles. The van der Waals surface area contributed by atoms with Gasteiger partial charge in [0.05, 0.1) is 27.9 Å². The molecular weight excluding hydrogens is 454 g/mol. The number of nitriles is 1. The Bertz CT molecular complexity index is 728. The van der Waals surface area contributed by atoms with Crippen LogP contribution in [0.3, 0.4) is 0 Å². The Morgan fingerprint density at radius 2 is 2.05 bits per heavy atom. The molecule has 20 heavy (non-hydrogen) atoms. The molecule has 0 unspecified atom stereocenters. The van der Waals surface area contributed by atoms with Gasteiger partial charge in [-0.05, 0) is 74.9 Å². The first kappa shape index (κ1) is 15.3. The van der Waals surface area contributed by atoms with Crippen LogP contribution in [0.2, 0.25) is 5.02 Å². The normalized spacial score (nSPS) is 9.90. The summed E-state index contributed by atoms with van der Waals surface area (Å²) in [6.45, 7) is 0. The molecule has 1 amide bonds. The Kier molecular flexibility index (Phi) is 5.02. The van der Waals surface area contributed by atoms with Gasteiger partial charge in [0, 0.05) is 8.04 Å².